The topological polar surface area (TPSA) is 110 Å². The zero-order chi connectivity index (χ0) is 33.1. The van der Waals surface area contributed by atoms with E-state index in [2.05, 4.69) is 21.2 Å². The summed E-state index contributed by atoms with van der Waals surface area (Å²) in [5.74, 6) is -2.52. The van der Waals surface area contributed by atoms with E-state index in [1.165, 1.54) is 4.90 Å². The number of rotatable bonds is 10. The van der Waals surface area contributed by atoms with Crippen molar-refractivity contribution in [2.75, 3.05) is 16.8 Å². The minimum absolute atomic E-state index is 0.149. The number of aliphatic hydroxyl groups is 2. The average Bonchev–Trinajstić information content (AvgIpc) is 3.33. The number of hydrogen-bond donors (Lipinski definition) is 4. The third-order valence-electron chi connectivity index (χ3n) is 9.22. The van der Waals surface area contributed by atoms with E-state index in [-0.39, 0.29) is 24.2 Å². The number of allylic oxidation sites excluding steroid dienone is 2. The maximum absolute atomic E-state index is 13.9. The number of aromatic hydroxyl groups is 1. The summed E-state index contributed by atoms with van der Waals surface area (Å²) in [5, 5.41) is 36.1. The molecule has 0 radical (unpaired) electrons. The van der Waals surface area contributed by atoms with Gasteiger partial charge in [-0.2, -0.15) is 0 Å². The van der Waals surface area contributed by atoms with Crippen LogP contribution < -0.4 is 10.2 Å². The molecule has 4 N–H and O–H groups in total. The second-order valence-electron chi connectivity index (χ2n) is 12.2. The lowest BCUT2D eigenvalue weighted by atomic mass is 9.68. The van der Waals surface area contributed by atoms with Crippen LogP contribution in [0.3, 0.4) is 0 Å². The molecule has 8 heteroatoms. The van der Waals surface area contributed by atoms with Crippen LogP contribution in [0.4, 0.5) is 17.1 Å². The van der Waals surface area contributed by atoms with E-state index in [0.717, 1.165) is 32.6 Å². The van der Waals surface area contributed by atoms with E-state index < -0.39 is 23.9 Å². The molecular weight excluding hydrogens is 656 g/mol. The lowest BCUT2D eigenvalue weighted by molar-refractivity contribution is -0.123. The number of benzene rings is 4. The Morgan fingerprint density at radius 3 is 2.28 bits per heavy atom. The highest BCUT2D eigenvalue weighted by Crippen LogP contribution is 2.47. The third kappa shape index (κ3) is 6.81. The fourth-order valence-electron chi connectivity index (χ4n) is 6.98. The Labute approximate surface area is 283 Å². The summed E-state index contributed by atoms with van der Waals surface area (Å²) in [6.07, 6.45) is 2.13. The predicted octanol–water partition coefficient (Wildman–Crippen LogP) is 7.71. The van der Waals surface area contributed by atoms with Gasteiger partial charge in [0.2, 0.25) is 11.8 Å². The van der Waals surface area contributed by atoms with Crippen LogP contribution in [0, 0.1) is 17.8 Å². The van der Waals surface area contributed by atoms with Crippen LogP contribution >= 0.6 is 15.9 Å². The number of carbonyl (C=O) groups excluding carboxylic acids is 2. The van der Waals surface area contributed by atoms with E-state index in [1.807, 2.05) is 91.9 Å². The van der Waals surface area contributed by atoms with Crippen molar-refractivity contribution in [2.45, 2.75) is 32.3 Å². The third-order valence-corrected chi connectivity index (χ3v) is 9.72. The fourth-order valence-corrected chi connectivity index (χ4v) is 7.36. The highest BCUT2D eigenvalue weighted by molar-refractivity contribution is 9.10. The van der Waals surface area contributed by atoms with Gasteiger partial charge in [0.05, 0.1) is 30.2 Å². The summed E-state index contributed by atoms with van der Waals surface area (Å²) >= 11 is 3.48. The molecule has 0 bridgehead atoms. The number of hydrogen-bond acceptors (Lipinski definition) is 6. The quantitative estimate of drug-likeness (QED) is 0.0770. The zero-order valence-corrected chi connectivity index (χ0v) is 27.6. The molecule has 1 fully saturated rings. The first-order valence-electron chi connectivity index (χ1n) is 15.8. The molecule has 2 aliphatic rings. The monoisotopic (exact) mass is 692 g/mol. The van der Waals surface area contributed by atoms with E-state index >= 15 is 0 Å². The predicted molar refractivity (Wildman–Crippen MR) is 189 cm³/mol. The van der Waals surface area contributed by atoms with Gasteiger partial charge >= 0.3 is 0 Å². The maximum Gasteiger partial charge on any atom is 0.238 e. The second kappa shape index (κ2) is 14.1. The van der Waals surface area contributed by atoms with Crippen molar-refractivity contribution in [3.8, 4) is 5.75 Å². The highest BCUT2D eigenvalue weighted by atomic mass is 79.9. The van der Waals surface area contributed by atoms with Crippen molar-refractivity contribution in [3.05, 3.63) is 130 Å². The van der Waals surface area contributed by atoms with Gasteiger partial charge in [-0.1, -0.05) is 70.0 Å². The second-order valence-corrected chi connectivity index (χ2v) is 13.1. The molecule has 1 aliphatic carbocycles. The summed E-state index contributed by atoms with van der Waals surface area (Å²) < 4.78 is 0.835. The van der Waals surface area contributed by atoms with E-state index in [4.69, 9.17) is 0 Å². The summed E-state index contributed by atoms with van der Waals surface area (Å²) in [5.41, 5.74) is 6.24. The standard InChI is InChI=1S/C39H37BrN2O5/c1-24-20-32-37(39(47)42(38(32)46)31-16-14-30(15-17-31)41-29-10-6-3-7-11-29)33(23-43)36(24)35(45)18-12-26(25-8-4-2-5-9-25)21-27-22-28(40)13-19-34(27)44/h2-11,13-17,19,21-22,32-33,35,37,41,43-45H,12,18,20,23H2,1H3/b26-21-/t32-,33+,35-,37-/m1/s1. The van der Waals surface area contributed by atoms with Crippen molar-refractivity contribution >= 4 is 56.5 Å². The molecule has 7 nitrogen and oxygen atoms in total. The fraction of sp³-hybridized carbons (Fsp3) is 0.231. The molecule has 4 atom stereocenters. The number of aliphatic hydroxyl groups excluding tert-OH is 2. The average molecular weight is 694 g/mol. The van der Waals surface area contributed by atoms with Gasteiger partial charge in [-0.15, -0.1) is 0 Å². The van der Waals surface area contributed by atoms with Crippen LogP contribution in [-0.2, 0) is 9.59 Å². The number of phenols is 1. The molecule has 0 spiro atoms. The number of halogens is 1. The Balaban J connectivity index is 1.21. The first-order valence-corrected chi connectivity index (χ1v) is 16.6. The Morgan fingerprint density at radius 2 is 1.60 bits per heavy atom. The van der Waals surface area contributed by atoms with Gasteiger partial charge in [0, 0.05) is 27.3 Å². The Kier molecular flexibility index (Phi) is 9.73. The molecular formula is C39H37BrN2O5. The normalized spacial score (nSPS) is 20.4. The first kappa shape index (κ1) is 32.4. The van der Waals surface area contributed by atoms with Crippen LogP contribution in [0.5, 0.6) is 5.75 Å². The number of fused-ring (bicyclic) bond motifs is 1. The SMILES string of the molecule is CC1=C([C@H](O)CC/C(=C/c2cc(Br)ccc2O)c2ccccc2)[C@H](CO)[C@@H]2C(=O)N(c3ccc(Nc4ccccc4)cc3)C(=O)[C@@H]2C1. The summed E-state index contributed by atoms with van der Waals surface area (Å²) in [6, 6.07) is 31.9. The van der Waals surface area contributed by atoms with Gasteiger partial charge in [0.25, 0.3) is 0 Å². The van der Waals surface area contributed by atoms with Gasteiger partial charge in [-0.05, 0) is 104 Å². The number of amides is 2. The van der Waals surface area contributed by atoms with Crippen LogP contribution in [0.2, 0.25) is 0 Å². The molecule has 4 aromatic carbocycles. The van der Waals surface area contributed by atoms with Gasteiger partial charge in [-0.3, -0.25) is 14.5 Å². The number of para-hydroxylation sites is 1. The molecule has 4 aromatic rings. The van der Waals surface area contributed by atoms with E-state index in [1.54, 1.807) is 24.3 Å². The van der Waals surface area contributed by atoms with Gasteiger partial charge < -0.3 is 20.6 Å². The van der Waals surface area contributed by atoms with E-state index in [9.17, 15) is 24.9 Å². The number of nitrogens with one attached hydrogen (secondary N) is 1. The van der Waals surface area contributed by atoms with Crippen LogP contribution in [0.1, 0.15) is 37.3 Å². The molecule has 2 amide bonds. The Morgan fingerprint density at radius 1 is 0.936 bits per heavy atom. The zero-order valence-electron chi connectivity index (χ0n) is 26.0. The lowest BCUT2D eigenvalue weighted by Crippen LogP contribution is -2.38. The molecule has 1 aliphatic heterocycles. The number of carbonyl (C=O) groups is 2. The van der Waals surface area contributed by atoms with Crippen molar-refractivity contribution in [1.82, 2.24) is 0 Å². The van der Waals surface area contributed by atoms with Crippen molar-refractivity contribution < 1.29 is 24.9 Å². The van der Waals surface area contributed by atoms with Gasteiger partial charge in [0.1, 0.15) is 5.75 Å². The maximum atomic E-state index is 13.9. The lowest BCUT2D eigenvalue weighted by Gasteiger charge is -2.35. The minimum atomic E-state index is -0.934. The molecule has 240 valence electrons. The number of anilines is 3. The van der Waals surface area contributed by atoms with Gasteiger partial charge in [0.15, 0.2) is 0 Å². The molecule has 1 heterocycles. The first-order chi connectivity index (χ1) is 22.7. The van der Waals surface area contributed by atoms with E-state index in [0.29, 0.717) is 36.1 Å². The van der Waals surface area contributed by atoms with Gasteiger partial charge in [-0.25, -0.2) is 0 Å². The van der Waals surface area contributed by atoms with Crippen LogP contribution in [0.25, 0.3) is 11.6 Å². The van der Waals surface area contributed by atoms with Crippen molar-refractivity contribution in [2.24, 2.45) is 17.8 Å². The molecule has 0 aromatic heterocycles. The largest absolute Gasteiger partial charge is 0.507 e. The number of phenolic OH excluding ortho intramolecular Hbond substituents is 1. The summed E-state index contributed by atoms with van der Waals surface area (Å²) in [4.78, 5) is 28.9. The molecule has 6 rings (SSSR count). The van der Waals surface area contributed by atoms with Crippen molar-refractivity contribution in [3.63, 3.8) is 0 Å². The van der Waals surface area contributed by atoms with Crippen LogP contribution in [-0.4, -0.2) is 39.8 Å². The number of nitrogens with zero attached hydrogens (tertiary/aromatic N) is 1. The Bertz CT molecular complexity index is 1820. The molecule has 47 heavy (non-hydrogen) atoms. The van der Waals surface area contributed by atoms with Crippen LogP contribution in [0.15, 0.2) is 119 Å². The molecule has 1 saturated heterocycles. The molecule has 0 unspecified atom stereocenters. The summed E-state index contributed by atoms with van der Waals surface area (Å²) in [7, 11) is 0. The summed E-state index contributed by atoms with van der Waals surface area (Å²) in [6.45, 7) is 1.53. The highest BCUT2D eigenvalue weighted by Gasteiger charge is 2.54. The Hall–Kier alpha value is -4.50. The molecule has 0 saturated carbocycles. The number of imide groups is 1. The smallest absolute Gasteiger partial charge is 0.238 e. The minimum Gasteiger partial charge on any atom is -0.507 e. The van der Waals surface area contributed by atoms with Crippen molar-refractivity contribution in [1.29, 1.82) is 0 Å².